The van der Waals surface area contributed by atoms with E-state index in [9.17, 15) is 8.42 Å². The van der Waals surface area contributed by atoms with Crippen LogP contribution in [-0.2, 0) is 9.84 Å². The molecular formula is C16H25NO3S. The van der Waals surface area contributed by atoms with E-state index >= 15 is 0 Å². The number of nitrogens with one attached hydrogen (secondary N) is 1. The molecule has 0 bridgehead atoms. The van der Waals surface area contributed by atoms with Gasteiger partial charge in [-0.1, -0.05) is 39.0 Å². The van der Waals surface area contributed by atoms with Crippen LogP contribution in [0.5, 0.6) is 5.75 Å². The summed E-state index contributed by atoms with van der Waals surface area (Å²) in [5.74, 6) is 1.40. The number of fused-ring (bicyclic) bond motifs is 1. The molecule has 2 rings (SSSR count). The molecule has 21 heavy (non-hydrogen) atoms. The minimum absolute atomic E-state index is 0.183. The van der Waals surface area contributed by atoms with Gasteiger partial charge in [-0.2, -0.15) is 0 Å². The Morgan fingerprint density at radius 3 is 2.71 bits per heavy atom. The van der Waals surface area contributed by atoms with E-state index in [-0.39, 0.29) is 18.4 Å². The lowest BCUT2D eigenvalue weighted by atomic mass is 10.0. The largest absolute Gasteiger partial charge is 0.492 e. The Labute approximate surface area is 127 Å². The molecule has 1 heterocycles. The molecule has 1 aromatic carbocycles. The summed E-state index contributed by atoms with van der Waals surface area (Å²) < 4.78 is 31.0. The van der Waals surface area contributed by atoms with Crippen molar-refractivity contribution in [1.82, 2.24) is 5.32 Å². The average molecular weight is 311 g/mol. The summed E-state index contributed by atoms with van der Waals surface area (Å²) >= 11 is 0. The Kier molecular flexibility index (Phi) is 5.27. The van der Waals surface area contributed by atoms with Crippen LogP contribution in [0.25, 0.3) is 0 Å². The van der Waals surface area contributed by atoms with Crippen LogP contribution in [-0.4, -0.2) is 32.6 Å². The van der Waals surface area contributed by atoms with Crippen molar-refractivity contribution in [2.75, 3.05) is 18.9 Å². The van der Waals surface area contributed by atoms with E-state index in [1.165, 1.54) is 0 Å². The molecule has 118 valence electrons. The maximum absolute atomic E-state index is 12.7. The summed E-state index contributed by atoms with van der Waals surface area (Å²) in [7, 11) is -3.18. The van der Waals surface area contributed by atoms with E-state index in [2.05, 4.69) is 5.32 Å². The number of hydrogen-bond donors (Lipinski definition) is 1. The Morgan fingerprint density at radius 1 is 1.33 bits per heavy atom. The van der Waals surface area contributed by atoms with E-state index < -0.39 is 15.1 Å². The second kappa shape index (κ2) is 6.79. The fraction of sp³-hybridized carbons (Fsp3) is 0.625. The molecule has 1 aliphatic heterocycles. The molecule has 2 unspecified atom stereocenters. The van der Waals surface area contributed by atoms with Gasteiger partial charge in [0, 0.05) is 5.56 Å². The molecule has 0 spiro atoms. The molecule has 2 atom stereocenters. The highest BCUT2D eigenvalue weighted by molar-refractivity contribution is 7.92. The second-order valence-corrected chi connectivity index (χ2v) is 8.31. The van der Waals surface area contributed by atoms with Crippen molar-refractivity contribution in [2.24, 2.45) is 5.92 Å². The summed E-state index contributed by atoms with van der Waals surface area (Å²) in [5.41, 5.74) is 0.948. The summed E-state index contributed by atoms with van der Waals surface area (Å²) in [5, 5.41) is 2.82. The standard InChI is InChI=1S/C16H25NO3S/c1-4-17-16-13-7-5-6-8-14(13)20-11-15(16)21(18,19)10-9-12(2)3/h5-8,12,15-17H,4,9-11H2,1-3H3. The molecule has 0 aromatic heterocycles. The van der Waals surface area contributed by atoms with Gasteiger partial charge < -0.3 is 10.1 Å². The summed E-state index contributed by atoms with van der Waals surface area (Å²) in [4.78, 5) is 0. The third-order valence-electron chi connectivity index (χ3n) is 3.89. The van der Waals surface area contributed by atoms with E-state index in [4.69, 9.17) is 4.74 Å². The van der Waals surface area contributed by atoms with E-state index in [1.807, 2.05) is 45.0 Å². The molecule has 1 aliphatic rings. The average Bonchev–Trinajstić information content (AvgIpc) is 2.46. The molecule has 5 heteroatoms. The highest BCUT2D eigenvalue weighted by Gasteiger charge is 2.38. The minimum atomic E-state index is -3.18. The fourth-order valence-corrected chi connectivity index (χ4v) is 4.70. The quantitative estimate of drug-likeness (QED) is 0.877. The molecule has 4 nitrogen and oxygen atoms in total. The van der Waals surface area contributed by atoms with Crippen LogP contribution >= 0.6 is 0 Å². The maximum Gasteiger partial charge on any atom is 0.158 e. The van der Waals surface area contributed by atoms with E-state index in [1.54, 1.807) is 0 Å². The zero-order valence-electron chi connectivity index (χ0n) is 13.0. The first-order chi connectivity index (χ1) is 9.95. The monoisotopic (exact) mass is 311 g/mol. The lowest BCUT2D eigenvalue weighted by molar-refractivity contribution is 0.255. The molecule has 1 aromatic rings. The van der Waals surface area contributed by atoms with Crippen LogP contribution < -0.4 is 10.1 Å². The highest BCUT2D eigenvalue weighted by Crippen LogP contribution is 2.35. The highest BCUT2D eigenvalue weighted by atomic mass is 32.2. The molecule has 0 aliphatic carbocycles. The van der Waals surface area contributed by atoms with Gasteiger partial charge in [0.25, 0.3) is 0 Å². The number of rotatable bonds is 6. The van der Waals surface area contributed by atoms with Gasteiger partial charge in [-0.05, 0) is 24.9 Å². The summed E-state index contributed by atoms with van der Waals surface area (Å²) in [6.07, 6.45) is 0.694. The van der Waals surface area contributed by atoms with Crippen LogP contribution in [0.2, 0.25) is 0 Å². The van der Waals surface area contributed by atoms with Crippen LogP contribution in [0, 0.1) is 5.92 Å². The van der Waals surface area contributed by atoms with Crippen LogP contribution in [0.1, 0.15) is 38.8 Å². The van der Waals surface area contributed by atoms with Crippen molar-refractivity contribution in [3.63, 3.8) is 0 Å². The van der Waals surface area contributed by atoms with Gasteiger partial charge in [0.1, 0.15) is 17.6 Å². The van der Waals surface area contributed by atoms with Gasteiger partial charge in [0.2, 0.25) is 0 Å². The third-order valence-corrected chi connectivity index (χ3v) is 6.03. The van der Waals surface area contributed by atoms with Crippen molar-refractivity contribution in [2.45, 2.75) is 38.5 Å². The molecule has 0 fully saturated rings. The second-order valence-electron chi connectivity index (χ2n) is 5.97. The zero-order chi connectivity index (χ0) is 15.5. The van der Waals surface area contributed by atoms with Crippen molar-refractivity contribution in [3.8, 4) is 5.75 Å². The van der Waals surface area contributed by atoms with Gasteiger partial charge in [0.05, 0.1) is 11.8 Å². The van der Waals surface area contributed by atoms with E-state index in [0.29, 0.717) is 12.3 Å². The van der Waals surface area contributed by atoms with Crippen molar-refractivity contribution in [3.05, 3.63) is 29.8 Å². The predicted octanol–water partition coefficient (Wildman–Crippen LogP) is 2.56. The van der Waals surface area contributed by atoms with Gasteiger partial charge >= 0.3 is 0 Å². The van der Waals surface area contributed by atoms with Gasteiger partial charge in [-0.25, -0.2) is 8.42 Å². The minimum Gasteiger partial charge on any atom is -0.492 e. The smallest absolute Gasteiger partial charge is 0.158 e. The Morgan fingerprint density at radius 2 is 2.05 bits per heavy atom. The fourth-order valence-electron chi connectivity index (χ4n) is 2.66. The SMILES string of the molecule is CCNC1c2ccccc2OCC1S(=O)(=O)CCC(C)C. The third kappa shape index (κ3) is 3.77. The molecule has 1 N–H and O–H groups in total. The first kappa shape index (κ1) is 16.3. The Hall–Kier alpha value is -1.07. The van der Waals surface area contributed by atoms with Gasteiger partial charge in [-0.3, -0.25) is 0 Å². The van der Waals surface area contributed by atoms with Gasteiger partial charge in [-0.15, -0.1) is 0 Å². The lowest BCUT2D eigenvalue weighted by Crippen LogP contribution is -2.45. The summed E-state index contributed by atoms with van der Waals surface area (Å²) in [6, 6.07) is 7.51. The first-order valence-corrected chi connectivity index (χ1v) is 9.34. The first-order valence-electron chi connectivity index (χ1n) is 7.62. The lowest BCUT2D eigenvalue weighted by Gasteiger charge is -2.33. The number of para-hydroxylation sites is 1. The molecule has 0 saturated heterocycles. The normalized spacial score (nSPS) is 21.9. The Balaban J connectivity index is 2.27. The number of sulfone groups is 1. The predicted molar refractivity (Wildman–Crippen MR) is 85.4 cm³/mol. The Bertz CT molecular complexity index is 569. The topological polar surface area (TPSA) is 55.4 Å². The number of hydrogen-bond acceptors (Lipinski definition) is 4. The molecule has 0 radical (unpaired) electrons. The van der Waals surface area contributed by atoms with Crippen LogP contribution in [0.15, 0.2) is 24.3 Å². The van der Waals surface area contributed by atoms with E-state index in [0.717, 1.165) is 17.9 Å². The van der Waals surface area contributed by atoms with Gasteiger partial charge in [0.15, 0.2) is 9.84 Å². The summed E-state index contributed by atoms with van der Waals surface area (Å²) in [6.45, 7) is 7.05. The maximum atomic E-state index is 12.7. The molecule has 0 saturated carbocycles. The molecular weight excluding hydrogens is 286 g/mol. The zero-order valence-corrected chi connectivity index (χ0v) is 13.8. The van der Waals surface area contributed by atoms with Crippen molar-refractivity contribution < 1.29 is 13.2 Å². The number of benzene rings is 1. The molecule has 0 amide bonds. The van der Waals surface area contributed by atoms with Crippen LogP contribution in [0.3, 0.4) is 0 Å². The van der Waals surface area contributed by atoms with Crippen LogP contribution in [0.4, 0.5) is 0 Å². The number of ether oxygens (including phenoxy) is 1. The van der Waals surface area contributed by atoms with Crippen molar-refractivity contribution in [1.29, 1.82) is 0 Å². The van der Waals surface area contributed by atoms with Crippen molar-refractivity contribution >= 4 is 9.84 Å².